The molecule has 0 saturated heterocycles. The van der Waals surface area contributed by atoms with Gasteiger partial charge in [-0.3, -0.25) is 9.78 Å². The Morgan fingerprint density at radius 2 is 1.60 bits per heavy atom. The van der Waals surface area contributed by atoms with Gasteiger partial charge in [-0.25, -0.2) is 0 Å². The molecule has 0 fully saturated rings. The molecule has 0 aliphatic rings. The summed E-state index contributed by atoms with van der Waals surface area (Å²) in [7, 11) is 1.62. The molecular formula is C29H27ClN2O3. The van der Waals surface area contributed by atoms with Crippen LogP contribution in [-0.4, -0.2) is 29.4 Å². The predicted molar refractivity (Wildman–Crippen MR) is 138 cm³/mol. The van der Waals surface area contributed by atoms with Crippen LogP contribution in [0.3, 0.4) is 0 Å². The molecule has 1 aromatic heterocycles. The fourth-order valence-corrected chi connectivity index (χ4v) is 3.97. The number of nitrogens with zero attached hydrogens (tertiary/aromatic N) is 2. The van der Waals surface area contributed by atoms with Crippen molar-refractivity contribution >= 4 is 17.5 Å². The van der Waals surface area contributed by atoms with Crippen molar-refractivity contribution in [2.75, 3.05) is 13.7 Å². The number of halogens is 1. The van der Waals surface area contributed by atoms with E-state index in [9.17, 15) is 4.79 Å². The van der Waals surface area contributed by atoms with Crippen LogP contribution in [0.5, 0.6) is 11.5 Å². The topological polar surface area (TPSA) is 51.7 Å². The molecule has 0 atom stereocenters. The number of hydrogen-bond donors (Lipinski definition) is 0. The molecule has 0 radical (unpaired) electrons. The molecule has 0 aliphatic heterocycles. The molecule has 0 spiro atoms. The minimum Gasteiger partial charge on any atom is -0.493 e. The van der Waals surface area contributed by atoms with E-state index in [1.54, 1.807) is 36.5 Å². The molecule has 4 aromatic rings. The van der Waals surface area contributed by atoms with Gasteiger partial charge in [-0.2, -0.15) is 0 Å². The molecule has 5 nitrogen and oxygen atoms in total. The number of carbonyl (C=O) groups is 1. The fraction of sp³-hybridized carbons (Fsp3) is 0.172. The van der Waals surface area contributed by atoms with Gasteiger partial charge in [-0.1, -0.05) is 60.1 Å². The van der Waals surface area contributed by atoms with E-state index >= 15 is 0 Å². The first-order valence-electron chi connectivity index (χ1n) is 11.4. The molecule has 1 amide bonds. The normalized spacial score (nSPS) is 10.6. The first-order chi connectivity index (χ1) is 17.1. The van der Waals surface area contributed by atoms with Crippen LogP contribution < -0.4 is 9.47 Å². The lowest BCUT2D eigenvalue weighted by Gasteiger charge is -2.24. The zero-order valence-electron chi connectivity index (χ0n) is 19.6. The second-order valence-electron chi connectivity index (χ2n) is 8.07. The van der Waals surface area contributed by atoms with E-state index in [4.69, 9.17) is 21.1 Å². The van der Waals surface area contributed by atoms with E-state index in [1.807, 2.05) is 72.8 Å². The van der Waals surface area contributed by atoms with Crippen molar-refractivity contribution in [2.45, 2.75) is 19.6 Å². The maximum Gasteiger partial charge on any atom is 0.255 e. The third-order valence-corrected chi connectivity index (χ3v) is 5.98. The van der Waals surface area contributed by atoms with Crippen molar-refractivity contribution in [1.82, 2.24) is 9.88 Å². The number of pyridine rings is 1. The van der Waals surface area contributed by atoms with E-state index in [2.05, 4.69) is 4.98 Å². The first kappa shape index (κ1) is 24.3. The summed E-state index contributed by atoms with van der Waals surface area (Å²) in [6.07, 6.45) is 4.22. The van der Waals surface area contributed by atoms with Crippen LogP contribution in [0.1, 0.15) is 27.0 Å². The second-order valence-corrected chi connectivity index (χ2v) is 8.48. The molecule has 0 N–H and O–H groups in total. The summed E-state index contributed by atoms with van der Waals surface area (Å²) in [5.74, 6) is 1.16. The summed E-state index contributed by atoms with van der Waals surface area (Å²) in [5.41, 5.74) is 3.60. The molecule has 0 aliphatic carbocycles. The highest BCUT2D eigenvalue weighted by molar-refractivity contribution is 6.33. The number of methoxy groups -OCH3 is 1. The first-order valence-corrected chi connectivity index (χ1v) is 11.8. The predicted octanol–water partition coefficient (Wildman–Crippen LogP) is 6.21. The number of rotatable bonds is 10. The Bertz CT molecular complexity index is 1250. The SMILES string of the molecule is COc1cc(CN(CCc2ccncc2)C(=O)c2ccccc2Cl)ccc1OCc1ccccc1. The van der Waals surface area contributed by atoms with E-state index in [1.165, 1.54) is 0 Å². The Morgan fingerprint density at radius 3 is 2.34 bits per heavy atom. The van der Waals surface area contributed by atoms with Crippen molar-refractivity contribution in [3.05, 3.63) is 125 Å². The van der Waals surface area contributed by atoms with Crippen molar-refractivity contribution < 1.29 is 14.3 Å². The summed E-state index contributed by atoms with van der Waals surface area (Å²) in [6.45, 7) is 1.38. The van der Waals surface area contributed by atoms with Gasteiger partial charge in [0.2, 0.25) is 0 Å². The maximum atomic E-state index is 13.4. The van der Waals surface area contributed by atoms with Crippen LogP contribution in [-0.2, 0) is 19.6 Å². The molecular weight excluding hydrogens is 460 g/mol. The number of aromatic nitrogens is 1. The highest BCUT2D eigenvalue weighted by Gasteiger charge is 2.19. The smallest absolute Gasteiger partial charge is 0.255 e. The van der Waals surface area contributed by atoms with Crippen LogP contribution >= 0.6 is 11.6 Å². The van der Waals surface area contributed by atoms with Crippen LogP contribution in [0.2, 0.25) is 5.02 Å². The fourth-order valence-electron chi connectivity index (χ4n) is 3.76. The number of carbonyl (C=O) groups excluding carboxylic acids is 1. The third-order valence-electron chi connectivity index (χ3n) is 5.65. The molecule has 0 bridgehead atoms. The van der Waals surface area contributed by atoms with Gasteiger partial charge in [-0.05, 0) is 59.5 Å². The molecule has 1 heterocycles. The Labute approximate surface area is 210 Å². The minimum absolute atomic E-state index is 0.118. The average molecular weight is 487 g/mol. The van der Waals surface area contributed by atoms with Crippen molar-refractivity contribution in [3.8, 4) is 11.5 Å². The van der Waals surface area contributed by atoms with Crippen LogP contribution in [0.15, 0.2) is 97.3 Å². The number of amides is 1. The van der Waals surface area contributed by atoms with Gasteiger partial charge in [0.15, 0.2) is 11.5 Å². The van der Waals surface area contributed by atoms with E-state index < -0.39 is 0 Å². The number of benzene rings is 3. The van der Waals surface area contributed by atoms with Crippen molar-refractivity contribution in [1.29, 1.82) is 0 Å². The van der Waals surface area contributed by atoms with Gasteiger partial charge in [0, 0.05) is 25.5 Å². The molecule has 0 unspecified atom stereocenters. The molecule has 6 heteroatoms. The van der Waals surface area contributed by atoms with Gasteiger partial charge >= 0.3 is 0 Å². The van der Waals surface area contributed by atoms with E-state index in [0.717, 1.165) is 16.7 Å². The standard InChI is InChI=1S/C29H27ClN2O3/c1-34-28-19-24(11-12-27(28)35-21-23-7-3-2-4-8-23)20-32(18-15-22-13-16-31-17-14-22)29(33)25-9-5-6-10-26(25)30/h2-14,16-17,19H,15,18,20-21H2,1H3. The lowest BCUT2D eigenvalue weighted by Crippen LogP contribution is -2.32. The number of hydrogen-bond acceptors (Lipinski definition) is 4. The van der Waals surface area contributed by atoms with Crippen LogP contribution in [0.25, 0.3) is 0 Å². The van der Waals surface area contributed by atoms with Crippen molar-refractivity contribution in [3.63, 3.8) is 0 Å². The quantitative estimate of drug-likeness (QED) is 0.267. The van der Waals surface area contributed by atoms with Gasteiger partial charge in [0.1, 0.15) is 6.61 Å². The Morgan fingerprint density at radius 1 is 0.857 bits per heavy atom. The van der Waals surface area contributed by atoms with Crippen LogP contribution in [0, 0.1) is 0 Å². The van der Waals surface area contributed by atoms with E-state index in [-0.39, 0.29) is 5.91 Å². The Hall–Kier alpha value is -3.83. The largest absolute Gasteiger partial charge is 0.493 e. The van der Waals surface area contributed by atoms with Gasteiger partial charge < -0.3 is 14.4 Å². The highest BCUT2D eigenvalue weighted by atomic mass is 35.5. The van der Waals surface area contributed by atoms with Gasteiger partial charge in [-0.15, -0.1) is 0 Å². The van der Waals surface area contributed by atoms with Gasteiger partial charge in [0.05, 0.1) is 17.7 Å². The molecule has 3 aromatic carbocycles. The summed E-state index contributed by atoms with van der Waals surface area (Å²) in [5, 5.41) is 0.439. The lowest BCUT2D eigenvalue weighted by molar-refractivity contribution is 0.0745. The van der Waals surface area contributed by atoms with E-state index in [0.29, 0.717) is 48.2 Å². The second kappa shape index (κ2) is 12.0. The Balaban J connectivity index is 1.53. The molecule has 178 valence electrons. The monoisotopic (exact) mass is 486 g/mol. The Kier molecular flexibility index (Phi) is 8.36. The minimum atomic E-state index is -0.118. The lowest BCUT2D eigenvalue weighted by atomic mass is 10.1. The molecule has 0 saturated carbocycles. The van der Waals surface area contributed by atoms with Crippen LogP contribution in [0.4, 0.5) is 0 Å². The summed E-state index contributed by atoms with van der Waals surface area (Å²) < 4.78 is 11.6. The highest BCUT2D eigenvalue weighted by Crippen LogP contribution is 2.30. The van der Waals surface area contributed by atoms with Crippen molar-refractivity contribution in [2.24, 2.45) is 0 Å². The summed E-state index contributed by atoms with van der Waals surface area (Å²) >= 11 is 6.34. The summed E-state index contributed by atoms with van der Waals surface area (Å²) in [6, 6.07) is 26.8. The average Bonchev–Trinajstić information content (AvgIpc) is 2.91. The zero-order chi connectivity index (χ0) is 24.5. The number of ether oxygens (including phenoxy) is 2. The molecule has 35 heavy (non-hydrogen) atoms. The molecule has 4 rings (SSSR count). The third kappa shape index (κ3) is 6.61. The van der Waals surface area contributed by atoms with Gasteiger partial charge in [0.25, 0.3) is 5.91 Å². The maximum absolute atomic E-state index is 13.4. The zero-order valence-corrected chi connectivity index (χ0v) is 20.3. The summed E-state index contributed by atoms with van der Waals surface area (Å²) in [4.78, 5) is 19.3.